The summed E-state index contributed by atoms with van der Waals surface area (Å²) in [4.78, 5) is 13.8. The van der Waals surface area contributed by atoms with Crippen LogP contribution in [0.15, 0.2) is 59.9 Å². The number of aromatic nitrogens is 2. The van der Waals surface area contributed by atoms with Gasteiger partial charge in [-0.1, -0.05) is 11.6 Å². The number of aliphatic hydroxyl groups is 1. The van der Waals surface area contributed by atoms with E-state index in [0.717, 1.165) is 28.4 Å². The van der Waals surface area contributed by atoms with Gasteiger partial charge in [-0.05, 0) is 61.9 Å². The minimum atomic E-state index is -0.788. The number of halogens is 1. The molecule has 2 unspecified atom stereocenters. The third kappa shape index (κ3) is 3.93. The third-order valence-electron chi connectivity index (χ3n) is 5.38. The summed E-state index contributed by atoms with van der Waals surface area (Å²) >= 11 is 6.13. The van der Waals surface area contributed by atoms with Crippen molar-refractivity contribution in [1.29, 1.82) is 0 Å². The van der Waals surface area contributed by atoms with E-state index in [-0.39, 0.29) is 6.04 Å². The number of ether oxygens (including phenoxy) is 1. The lowest BCUT2D eigenvalue weighted by atomic mass is 9.84. The minimum Gasteiger partial charge on any atom is -0.485 e. The van der Waals surface area contributed by atoms with Crippen molar-refractivity contribution in [2.75, 3.05) is 11.9 Å². The number of fused-ring (bicyclic) bond motifs is 1. The smallest absolute Gasteiger partial charge is 0.132 e. The van der Waals surface area contributed by atoms with E-state index in [1.54, 1.807) is 25.7 Å². The van der Waals surface area contributed by atoms with Crippen molar-refractivity contribution in [2.24, 2.45) is 4.99 Å². The molecule has 0 bridgehead atoms. The second-order valence-corrected chi connectivity index (χ2v) is 8.36. The summed E-state index contributed by atoms with van der Waals surface area (Å²) in [5.41, 5.74) is 2.01. The molecule has 156 valence electrons. The van der Waals surface area contributed by atoms with E-state index in [4.69, 9.17) is 16.3 Å². The highest BCUT2D eigenvalue weighted by Crippen LogP contribution is 2.45. The summed E-state index contributed by atoms with van der Waals surface area (Å²) < 4.78 is 6.17. The first kappa shape index (κ1) is 20.4. The number of nitrogens with one attached hydrogen (secondary N) is 1. The number of aliphatic imine (C=N–C) groups is 1. The molecular weight excluding hydrogens is 400 g/mol. The Kier molecular flexibility index (Phi) is 5.54. The SMILES string of the molecule is CN=Cc1ccc2c(c1)C(N(Cc1ncc[nH]1)c1ccc(Cl)cc1)C(O)C(C)(C)O2. The molecule has 0 saturated carbocycles. The molecule has 30 heavy (non-hydrogen) atoms. The molecule has 0 aliphatic carbocycles. The zero-order valence-electron chi connectivity index (χ0n) is 17.2. The molecule has 0 amide bonds. The molecule has 2 N–H and O–H groups in total. The van der Waals surface area contributed by atoms with E-state index in [9.17, 15) is 5.11 Å². The summed E-state index contributed by atoms with van der Waals surface area (Å²) in [6.07, 6.45) is 4.53. The maximum atomic E-state index is 11.4. The summed E-state index contributed by atoms with van der Waals surface area (Å²) in [6, 6.07) is 13.2. The molecule has 3 aromatic rings. The predicted octanol–water partition coefficient (Wildman–Crippen LogP) is 4.39. The van der Waals surface area contributed by atoms with E-state index >= 15 is 0 Å². The van der Waals surface area contributed by atoms with Crippen molar-refractivity contribution < 1.29 is 9.84 Å². The van der Waals surface area contributed by atoms with Gasteiger partial charge in [0.25, 0.3) is 0 Å². The number of benzene rings is 2. The fraction of sp³-hybridized carbons (Fsp3) is 0.304. The predicted molar refractivity (Wildman–Crippen MR) is 120 cm³/mol. The van der Waals surface area contributed by atoms with Gasteiger partial charge >= 0.3 is 0 Å². The Balaban J connectivity index is 1.87. The molecule has 1 aromatic heterocycles. The Hall–Kier alpha value is -2.83. The van der Waals surface area contributed by atoms with Crippen molar-refractivity contribution in [1.82, 2.24) is 9.97 Å². The van der Waals surface area contributed by atoms with Crippen LogP contribution in [0.4, 0.5) is 5.69 Å². The van der Waals surface area contributed by atoms with Crippen molar-refractivity contribution >= 4 is 23.5 Å². The van der Waals surface area contributed by atoms with Gasteiger partial charge in [-0.2, -0.15) is 0 Å². The summed E-state index contributed by atoms with van der Waals surface area (Å²) in [5.74, 6) is 1.55. The highest BCUT2D eigenvalue weighted by Gasteiger charge is 2.45. The van der Waals surface area contributed by atoms with Crippen LogP contribution in [0, 0.1) is 0 Å². The number of rotatable bonds is 5. The van der Waals surface area contributed by atoms with Gasteiger partial charge < -0.3 is 19.7 Å². The van der Waals surface area contributed by atoms with Crippen molar-refractivity contribution in [2.45, 2.75) is 38.1 Å². The van der Waals surface area contributed by atoms with Crippen molar-refractivity contribution in [3.8, 4) is 5.75 Å². The maximum absolute atomic E-state index is 11.4. The van der Waals surface area contributed by atoms with Crippen LogP contribution in [-0.4, -0.2) is 40.0 Å². The number of nitrogens with zero attached hydrogens (tertiary/aromatic N) is 3. The van der Waals surface area contributed by atoms with E-state index in [1.165, 1.54) is 0 Å². The van der Waals surface area contributed by atoms with E-state index in [1.807, 2.05) is 56.3 Å². The highest BCUT2D eigenvalue weighted by molar-refractivity contribution is 6.30. The molecule has 2 aromatic carbocycles. The van der Waals surface area contributed by atoms with Crippen LogP contribution in [0.1, 0.15) is 36.8 Å². The van der Waals surface area contributed by atoms with Crippen molar-refractivity contribution in [3.63, 3.8) is 0 Å². The lowest BCUT2D eigenvalue weighted by molar-refractivity contribution is -0.0590. The number of imidazole rings is 1. The van der Waals surface area contributed by atoms with Gasteiger partial charge in [0, 0.05) is 41.9 Å². The fourth-order valence-electron chi connectivity index (χ4n) is 3.88. The highest BCUT2D eigenvalue weighted by atomic mass is 35.5. The number of H-pyrrole nitrogens is 1. The molecule has 2 heterocycles. The molecule has 1 aliphatic heterocycles. The fourth-order valence-corrected chi connectivity index (χ4v) is 4.01. The third-order valence-corrected chi connectivity index (χ3v) is 5.64. The lowest BCUT2D eigenvalue weighted by Crippen LogP contribution is -2.53. The monoisotopic (exact) mass is 424 g/mol. The summed E-state index contributed by atoms with van der Waals surface area (Å²) in [6.45, 7) is 4.29. The molecule has 0 spiro atoms. The largest absolute Gasteiger partial charge is 0.485 e. The van der Waals surface area contributed by atoms with Crippen LogP contribution in [0.25, 0.3) is 0 Å². The Bertz CT molecular complexity index is 1030. The van der Waals surface area contributed by atoms with Gasteiger partial charge in [-0.15, -0.1) is 0 Å². The number of hydrogen-bond acceptors (Lipinski definition) is 5. The molecule has 1 aliphatic rings. The first-order valence-corrected chi connectivity index (χ1v) is 10.2. The van der Waals surface area contributed by atoms with Gasteiger partial charge in [0.1, 0.15) is 23.3 Å². The van der Waals surface area contributed by atoms with E-state index < -0.39 is 11.7 Å². The second-order valence-electron chi connectivity index (χ2n) is 7.92. The number of hydrogen-bond donors (Lipinski definition) is 2. The number of aromatic amines is 1. The normalized spacial score (nSPS) is 20.0. The Morgan fingerprint density at radius 2 is 2.03 bits per heavy atom. The molecular formula is C23H25ClN4O2. The standard InChI is InChI=1S/C23H25ClN4O2/c1-23(2)22(29)21(18-12-15(13-25-3)4-9-19(18)30-23)28(14-20-26-10-11-27-20)17-7-5-16(24)6-8-17/h4-13,21-22,29H,14H2,1-3H3,(H,26,27). The zero-order valence-corrected chi connectivity index (χ0v) is 18.0. The summed E-state index contributed by atoms with van der Waals surface area (Å²) in [5, 5.41) is 12.1. The molecule has 6 nitrogen and oxygen atoms in total. The van der Waals surface area contributed by atoms with Crippen LogP contribution in [0.2, 0.25) is 5.02 Å². The van der Waals surface area contributed by atoms with Crippen LogP contribution in [0.5, 0.6) is 5.75 Å². The minimum absolute atomic E-state index is 0.361. The average Bonchev–Trinajstić information content (AvgIpc) is 3.22. The topological polar surface area (TPSA) is 73.7 Å². The van der Waals surface area contributed by atoms with Crippen LogP contribution >= 0.6 is 11.6 Å². The first-order chi connectivity index (χ1) is 14.4. The summed E-state index contributed by atoms with van der Waals surface area (Å²) in [7, 11) is 1.74. The van der Waals surface area contributed by atoms with Crippen LogP contribution < -0.4 is 9.64 Å². The Morgan fingerprint density at radius 3 is 2.70 bits per heavy atom. The van der Waals surface area contributed by atoms with Crippen LogP contribution in [-0.2, 0) is 6.54 Å². The second kappa shape index (κ2) is 8.13. The average molecular weight is 425 g/mol. The maximum Gasteiger partial charge on any atom is 0.132 e. The van der Waals surface area contributed by atoms with Gasteiger partial charge in [0.15, 0.2) is 0 Å². The van der Waals surface area contributed by atoms with Gasteiger partial charge in [0.2, 0.25) is 0 Å². The number of aliphatic hydroxyl groups excluding tert-OH is 1. The molecule has 0 radical (unpaired) electrons. The van der Waals surface area contributed by atoms with Gasteiger partial charge in [-0.25, -0.2) is 4.98 Å². The molecule has 0 fully saturated rings. The number of anilines is 1. The molecule has 7 heteroatoms. The zero-order chi connectivity index (χ0) is 21.3. The van der Waals surface area contributed by atoms with Gasteiger partial charge in [0.05, 0.1) is 12.6 Å². The molecule has 4 rings (SSSR count). The lowest BCUT2D eigenvalue weighted by Gasteiger charge is -2.47. The molecule has 0 saturated heterocycles. The Morgan fingerprint density at radius 1 is 1.27 bits per heavy atom. The van der Waals surface area contributed by atoms with Crippen molar-refractivity contribution in [3.05, 3.63) is 76.8 Å². The first-order valence-electron chi connectivity index (χ1n) is 9.83. The van der Waals surface area contributed by atoms with E-state index in [2.05, 4.69) is 19.9 Å². The van der Waals surface area contributed by atoms with Crippen LogP contribution in [0.3, 0.4) is 0 Å². The van der Waals surface area contributed by atoms with E-state index in [0.29, 0.717) is 11.6 Å². The van der Waals surface area contributed by atoms with Gasteiger partial charge in [-0.3, -0.25) is 4.99 Å². The quantitative estimate of drug-likeness (QED) is 0.595. The molecule has 2 atom stereocenters. The Labute approximate surface area is 181 Å².